The van der Waals surface area contributed by atoms with E-state index in [1.165, 1.54) is 0 Å². The fourth-order valence-corrected chi connectivity index (χ4v) is 2.42. The van der Waals surface area contributed by atoms with Crippen LogP contribution in [0.4, 0.5) is 0 Å². The molecule has 21 heavy (non-hydrogen) atoms. The highest BCUT2D eigenvalue weighted by molar-refractivity contribution is 5.21. The Balaban J connectivity index is 3.12. The third-order valence-electron chi connectivity index (χ3n) is 3.69. The van der Waals surface area contributed by atoms with E-state index in [-0.39, 0.29) is 11.0 Å². The monoisotopic (exact) mass is 292 g/mol. The maximum absolute atomic E-state index is 12.8. The summed E-state index contributed by atoms with van der Waals surface area (Å²) in [5, 5.41) is 3.33. The number of hydrogen-bond donors (Lipinski definition) is 1. The van der Waals surface area contributed by atoms with E-state index in [0.29, 0.717) is 12.5 Å². The highest BCUT2D eigenvalue weighted by atomic mass is 16.1. The molecule has 0 aromatic carbocycles. The number of hydrogen-bond acceptors (Lipinski definition) is 2. The molecule has 120 valence electrons. The summed E-state index contributed by atoms with van der Waals surface area (Å²) in [6.45, 7) is 15.5. The summed E-state index contributed by atoms with van der Waals surface area (Å²) in [6, 6.07) is 4.13. The zero-order chi connectivity index (χ0) is 16.0. The lowest BCUT2D eigenvalue weighted by Crippen LogP contribution is -2.33. The van der Waals surface area contributed by atoms with Crippen molar-refractivity contribution in [1.29, 1.82) is 0 Å². The van der Waals surface area contributed by atoms with Gasteiger partial charge < -0.3 is 9.88 Å². The first-order chi connectivity index (χ1) is 9.77. The lowest BCUT2D eigenvalue weighted by Gasteiger charge is -2.25. The fraction of sp³-hybridized carbons (Fsp3) is 0.722. The van der Waals surface area contributed by atoms with E-state index in [9.17, 15) is 4.79 Å². The van der Waals surface area contributed by atoms with Crippen LogP contribution >= 0.6 is 0 Å². The third-order valence-corrected chi connectivity index (χ3v) is 3.69. The van der Waals surface area contributed by atoms with Crippen LogP contribution in [0.1, 0.15) is 65.6 Å². The van der Waals surface area contributed by atoms with Crippen molar-refractivity contribution >= 4 is 0 Å². The number of aromatic nitrogens is 1. The number of pyridine rings is 1. The van der Waals surface area contributed by atoms with Crippen molar-refractivity contribution in [3.05, 3.63) is 33.7 Å². The van der Waals surface area contributed by atoms with Crippen molar-refractivity contribution in [3.8, 4) is 0 Å². The van der Waals surface area contributed by atoms with Crippen molar-refractivity contribution < 1.29 is 0 Å². The predicted octanol–water partition coefficient (Wildman–Crippen LogP) is 3.69. The molecule has 0 spiro atoms. The number of rotatable bonds is 7. The molecule has 0 unspecified atom stereocenters. The van der Waals surface area contributed by atoms with Gasteiger partial charge in [-0.05, 0) is 31.4 Å². The highest BCUT2D eigenvalue weighted by Gasteiger charge is 2.20. The van der Waals surface area contributed by atoms with Crippen LogP contribution in [0.5, 0.6) is 0 Å². The molecule has 1 N–H and O–H groups in total. The zero-order valence-electron chi connectivity index (χ0n) is 14.6. The van der Waals surface area contributed by atoms with Gasteiger partial charge in [-0.2, -0.15) is 0 Å². The van der Waals surface area contributed by atoms with E-state index in [2.05, 4.69) is 52.9 Å². The molecule has 1 heterocycles. The number of nitrogens with zero attached hydrogens (tertiary/aromatic N) is 1. The molecule has 0 aliphatic heterocycles. The molecule has 0 bridgehead atoms. The first kappa shape index (κ1) is 18.0. The summed E-state index contributed by atoms with van der Waals surface area (Å²) >= 11 is 0. The molecule has 0 radical (unpaired) electrons. The molecular weight excluding hydrogens is 260 g/mol. The Bertz CT molecular complexity index is 495. The van der Waals surface area contributed by atoms with Gasteiger partial charge in [-0.1, -0.05) is 47.6 Å². The Morgan fingerprint density at radius 3 is 2.43 bits per heavy atom. The Morgan fingerprint density at radius 2 is 1.90 bits per heavy atom. The van der Waals surface area contributed by atoms with Gasteiger partial charge in [0.1, 0.15) is 0 Å². The van der Waals surface area contributed by atoms with E-state index < -0.39 is 0 Å². The minimum atomic E-state index is -0.00842. The number of nitrogens with one attached hydrogen (secondary N) is 1. The van der Waals surface area contributed by atoms with Gasteiger partial charge in [0, 0.05) is 29.8 Å². The minimum absolute atomic E-state index is 0.00842. The molecule has 1 aromatic rings. The van der Waals surface area contributed by atoms with E-state index >= 15 is 0 Å². The molecule has 0 fully saturated rings. The summed E-state index contributed by atoms with van der Waals surface area (Å²) in [7, 11) is 0. The van der Waals surface area contributed by atoms with Gasteiger partial charge >= 0.3 is 0 Å². The molecule has 0 amide bonds. The topological polar surface area (TPSA) is 34.0 Å². The van der Waals surface area contributed by atoms with Crippen LogP contribution in [0.2, 0.25) is 0 Å². The molecule has 3 nitrogen and oxygen atoms in total. The molecule has 1 rings (SSSR count). The van der Waals surface area contributed by atoms with E-state index in [0.717, 1.165) is 37.2 Å². The Hall–Kier alpha value is -1.09. The fourth-order valence-electron chi connectivity index (χ4n) is 2.42. The molecule has 1 aromatic heterocycles. The average molecular weight is 292 g/mol. The summed E-state index contributed by atoms with van der Waals surface area (Å²) < 4.78 is 1.99. The van der Waals surface area contributed by atoms with Crippen molar-refractivity contribution in [3.63, 3.8) is 0 Å². The van der Waals surface area contributed by atoms with Crippen molar-refractivity contribution in [2.45, 2.75) is 72.9 Å². The maximum Gasteiger partial charge on any atom is 0.255 e. The molecule has 0 saturated carbocycles. The van der Waals surface area contributed by atoms with Gasteiger partial charge in [-0.25, -0.2) is 0 Å². The maximum atomic E-state index is 12.8. The van der Waals surface area contributed by atoms with Crippen LogP contribution in [0.25, 0.3) is 0 Å². The second-order valence-electron chi connectivity index (χ2n) is 7.31. The predicted molar refractivity (Wildman–Crippen MR) is 90.9 cm³/mol. The SMILES string of the molecule is CCCNCc1ccc(C(C)(C)C)n(CCC(C)C)c1=O. The summed E-state index contributed by atoms with van der Waals surface area (Å²) in [5.74, 6) is 0.603. The summed E-state index contributed by atoms with van der Waals surface area (Å²) in [4.78, 5) is 12.8. The normalized spacial score (nSPS) is 12.1. The zero-order valence-corrected chi connectivity index (χ0v) is 14.6. The molecular formula is C18H32N2O. The van der Waals surface area contributed by atoms with Crippen molar-refractivity contribution in [1.82, 2.24) is 9.88 Å². The van der Waals surface area contributed by atoms with Crippen LogP contribution in [0.3, 0.4) is 0 Å². The van der Waals surface area contributed by atoms with Gasteiger partial charge in [0.2, 0.25) is 0 Å². The minimum Gasteiger partial charge on any atom is -0.312 e. The van der Waals surface area contributed by atoms with E-state index in [1.54, 1.807) is 0 Å². The van der Waals surface area contributed by atoms with Gasteiger partial charge in [0.05, 0.1) is 0 Å². The quantitative estimate of drug-likeness (QED) is 0.778. The first-order valence-corrected chi connectivity index (χ1v) is 8.21. The van der Waals surface area contributed by atoms with Crippen LogP contribution in [0.15, 0.2) is 16.9 Å². The average Bonchev–Trinajstić information content (AvgIpc) is 2.37. The van der Waals surface area contributed by atoms with Crippen LogP contribution < -0.4 is 10.9 Å². The summed E-state index contributed by atoms with van der Waals surface area (Å²) in [6.07, 6.45) is 2.12. The molecule has 3 heteroatoms. The molecule has 0 aliphatic rings. The van der Waals surface area contributed by atoms with Gasteiger partial charge in [0.25, 0.3) is 5.56 Å². The van der Waals surface area contributed by atoms with Crippen molar-refractivity contribution in [2.24, 2.45) is 5.92 Å². The lowest BCUT2D eigenvalue weighted by atomic mass is 9.90. The molecule has 0 atom stereocenters. The van der Waals surface area contributed by atoms with Gasteiger partial charge in [-0.15, -0.1) is 0 Å². The van der Waals surface area contributed by atoms with E-state index in [1.807, 2.05) is 10.6 Å². The second kappa shape index (κ2) is 7.79. The Labute approximate surface area is 129 Å². The largest absolute Gasteiger partial charge is 0.312 e. The smallest absolute Gasteiger partial charge is 0.255 e. The molecule has 0 saturated heterocycles. The Morgan fingerprint density at radius 1 is 1.24 bits per heavy atom. The van der Waals surface area contributed by atoms with Gasteiger partial charge in [0.15, 0.2) is 0 Å². The standard InChI is InChI=1S/C18H32N2O/c1-7-11-19-13-15-8-9-16(18(4,5)6)20(17(15)21)12-10-14(2)3/h8-9,14,19H,7,10-13H2,1-6H3. The summed E-state index contributed by atoms with van der Waals surface area (Å²) in [5.41, 5.74) is 2.17. The Kier molecular flexibility index (Phi) is 6.66. The van der Waals surface area contributed by atoms with Gasteiger partial charge in [-0.3, -0.25) is 4.79 Å². The highest BCUT2D eigenvalue weighted by Crippen LogP contribution is 2.22. The first-order valence-electron chi connectivity index (χ1n) is 8.21. The molecule has 0 aliphatic carbocycles. The second-order valence-corrected chi connectivity index (χ2v) is 7.31. The lowest BCUT2D eigenvalue weighted by molar-refractivity contribution is 0.452. The van der Waals surface area contributed by atoms with Crippen LogP contribution in [0, 0.1) is 5.92 Å². The van der Waals surface area contributed by atoms with Crippen LogP contribution in [-0.2, 0) is 18.5 Å². The van der Waals surface area contributed by atoms with E-state index in [4.69, 9.17) is 0 Å². The van der Waals surface area contributed by atoms with Crippen molar-refractivity contribution in [2.75, 3.05) is 6.54 Å². The third kappa shape index (κ3) is 5.31. The van der Waals surface area contributed by atoms with Crippen LogP contribution in [-0.4, -0.2) is 11.1 Å².